The van der Waals surface area contributed by atoms with Crippen molar-refractivity contribution in [1.29, 1.82) is 0 Å². The van der Waals surface area contributed by atoms with Crippen LogP contribution >= 0.6 is 35.0 Å². The maximum atomic E-state index is 13.1. The molecule has 0 atom stereocenters. The van der Waals surface area contributed by atoms with Crippen molar-refractivity contribution in [3.63, 3.8) is 0 Å². The second kappa shape index (κ2) is 14.1. The fraction of sp³-hybridized carbons (Fsp3) is 0.182. The van der Waals surface area contributed by atoms with Gasteiger partial charge in [0.2, 0.25) is 0 Å². The molecule has 0 spiro atoms. The molecule has 8 nitrogen and oxygen atoms in total. The number of ether oxygens (including phenoxy) is 3. The Morgan fingerprint density at radius 1 is 0.932 bits per heavy atom. The summed E-state index contributed by atoms with van der Waals surface area (Å²) in [5, 5.41) is 5.04. The van der Waals surface area contributed by atoms with Gasteiger partial charge in [0.1, 0.15) is 12.4 Å². The average Bonchev–Trinajstić information content (AvgIpc) is 3.26. The van der Waals surface area contributed by atoms with Crippen LogP contribution in [0.25, 0.3) is 16.8 Å². The zero-order chi connectivity index (χ0) is 31.2. The summed E-state index contributed by atoms with van der Waals surface area (Å²) in [5.41, 5.74) is 1.96. The number of hydrogen-bond acceptors (Lipinski definition) is 7. The maximum absolute atomic E-state index is 13.1. The van der Waals surface area contributed by atoms with Gasteiger partial charge in [-0.25, -0.2) is 0 Å². The summed E-state index contributed by atoms with van der Waals surface area (Å²) in [6, 6.07) is 22.0. The summed E-state index contributed by atoms with van der Waals surface area (Å²) in [6.07, 6.45) is 1.57. The number of rotatable bonds is 11. The average molecular weight is 652 g/mol. The van der Waals surface area contributed by atoms with Gasteiger partial charge in [0.25, 0.3) is 17.1 Å². The summed E-state index contributed by atoms with van der Waals surface area (Å²) in [5.74, 6) is 0.319. The number of amides is 3. The van der Waals surface area contributed by atoms with Crippen molar-refractivity contribution in [2.24, 2.45) is 0 Å². The van der Waals surface area contributed by atoms with Gasteiger partial charge < -0.3 is 19.5 Å². The molecule has 0 aromatic heterocycles. The molecule has 5 rings (SSSR count). The molecule has 1 saturated heterocycles. The lowest BCUT2D eigenvalue weighted by atomic mass is 10.1. The van der Waals surface area contributed by atoms with Gasteiger partial charge in [-0.05, 0) is 78.5 Å². The van der Waals surface area contributed by atoms with Gasteiger partial charge in [0.05, 0.1) is 23.1 Å². The zero-order valence-corrected chi connectivity index (χ0v) is 26.2. The van der Waals surface area contributed by atoms with Gasteiger partial charge in [-0.2, -0.15) is 0 Å². The molecule has 1 N–H and O–H groups in total. The molecule has 1 fully saturated rings. The molecule has 226 valence electrons. The number of carbonyl (C=O) groups is 3. The number of halogens is 2. The molecule has 1 heterocycles. The molecule has 1 aliphatic heterocycles. The topological polar surface area (TPSA) is 94.2 Å². The second-order valence-corrected chi connectivity index (χ2v) is 11.5. The predicted octanol–water partition coefficient (Wildman–Crippen LogP) is 7.99. The van der Waals surface area contributed by atoms with Gasteiger partial charge in [0.15, 0.2) is 18.1 Å². The van der Waals surface area contributed by atoms with E-state index in [1.807, 2.05) is 49.4 Å². The van der Waals surface area contributed by atoms with Crippen LogP contribution in [-0.2, 0) is 9.59 Å². The van der Waals surface area contributed by atoms with Crippen LogP contribution in [0.4, 0.5) is 10.5 Å². The minimum Gasteiger partial charge on any atom is -0.491 e. The highest BCUT2D eigenvalue weighted by Gasteiger charge is 2.35. The third-order valence-electron chi connectivity index (χ3n) is 6.63. The Labute approximate surface area is 268 Å². The quantitative estimate of drug-likeness (QED) is 0.164. The van der Waals surface area contributed by atoms with Crippen LogP contribution in [0.15, 0.2) is 77.7 Å². The van der Waals surface area contributed by atoms with Crippen molar-refractivity contribution in [2.45, 2.75) is 13.8 Å². The number of carbonyl (C=O) groups excluding carboxylic acids is 3. The normalized spacial score (nSPS) is 13.9. The highest BCUT2D eigenvalue weighted by Crippen LogP contribution is 2.39. The van der Waals surface area contributed by atoms with E-state index in [0.29, 0.717) is 34.4 Å². The van der Waals surface area contributed by atoms with Crippen LogP contribution in [0.2, 0.25) is 10.0 Å². The number of hydrogen-bond donors (Lipinski definition) is 1. The van der Waals surface area contributed by atoms with Crippen LogP contribution in [-0.4, -0.2) is 48.3 Å². The molecule has 4 aromatic carbocycles. The third kappa shape index (κ3) is 7.30. The number of thioether (sulfide) groups is 1. The van der Waals surface area contributed by atoms with Gasteiger partial charge in [-0.15, -0.1) is 0 Å². The monoisotopic (exact) mass is 650 g/mol. The van der Waals surface area contributed by atoms with Crippen molar-refractivity contribution in [2.75, 3.05) is 31.7 Å². The Kier molecular flexibility index (Phi) is 9.99. The number of benzene rings is 4. The lowest BCUT2D eigenvalue weighted by Gasteiger charge is -2.15. The molecule has 0 radical (unpaired) electrons. The molecular formula is C33H28Cl2N2O6S. The van der Waals surface area contributed by atoms with E-state index in [4.69, 9.17) is 37.4 Å². The second-order valence-electron chi connectivity index (χ2n) is 9.72. The van der Waals surface area contributed by atoms with E-state index < -0.39 is 11.8 Å². The molecule has 0 unspecified atom stereocenters. The van der Waals surface area contributed by atoms with Crippen molar-refractivity contribution < 1.29 is 28.6 Å². The molecular weight excluding hydrogens is 623 g/mol. The molecule has 0 bridgehead atoms. The van der Waals surface area contributed by atoms with E-state index in [-0.39, 0.29) is 40.7 Å². The van der Waals surface area contributed by atoms with Crippen LogP contribution in [0.1, 0.15) is 18.1 Å². The largest absolute Gasteiger partial charge is 0.491 e. The Morgan fingerprint density at radius 2 is 1.73 bits per heavy atom. The van der Waals surface area contributed by atoms with Crippen LogP contribution in [0.5, 0.6) is 17.2 Å². The van der Waals surface area contributed by atoms with E-state index in [9.17, 15) is 14.4 Å². The third-order valence-corrected chi connectivity index (χ3v) is 8.22. The first-order valence-corrected chi connectivity index (χ1v) is 15.3. The van der Waals surface area contributed by atoms with E-state index in [1.54, 1.807) is 43.3 Å². The molecule has 4 aromatic rings. The maximum Gasteiger partial charge on any atom is 0.293 e. The van der Waals surface area contributed by atoms with E-state index in [1.165, 1.54) is 0 Å². The number of fused-ring (bicyclic) bond motifs is 1. The minimum absolute atomic E-state index is 0.0970. The predicted molar refractivity (Wildman–Crippen MR) is 175 cm³/mol. The molecule has 0 saturated carbocycles. The Balaban J connectivity index is 1.24. The first-order chi connectivity index (χ1) is 21.2. The van der Waals surface area contributed by atoms with Crippen molar-refractivity contribution in [3.8, 4) is 17.2 Å². The molecule has 3 amide bonds. The summed E-state index contributed by atoms with van der Waals surface area (Å²) < 4.78 is 17.4. The first kappa shape index (κ1) is 31.3. The number of nitrogens with zero attached hydrogens (tertiary/aromatic N) is 1. The Bertz CT molecular complexity index is 1770. The van der Waals surface area contributed by atoms with Gasteiger partial charge in [-0.3, -0.25) is 19.3 Å². The fourth-order valence-corrected chi connectivity index (χ4v) is 5.81. The summed E-state index contributed by atoms with van der Waals surface area (Å²) in [4.78, 5) is 39.7. The number of nitrogens with one attached hydrogen (secondary N) is 1. The van der Waals surface area contributed by atoms with Gasteiger partial charge in [-0.1, -0.05) is 65.7 Å². The standard InChI is InChI=1S/C33H28Cl2N2O6S/c1-3-41-28-16-21(15-26(35)31(28)43-19-30(38)36-23-12-11-20(2)25(34)18-23)17-29-32(39)37(33(40)44-29)13-14-42-27-10-6-8-22-7-4-5-9-24(22)27/h4-12,15-18H,3,13-14,19H2,1-2H3,(H,36,38)/b29-17-. The highest BCUT2D eigenvalue weighted by molar-refractivity contribution is 8.18. The fourth-order valence-electron chi connectivity index (χ4n) is 4.49. The smallest absolute Gasteiger partial charge is 0.293 e. The number of anilines is 1. The van der Waals surface area contributed by atoms with E-state index in [2.05, 4.69) is 5.32 Å². The Hall–Kier alpha value is -4.18. The van der Waals surface area contributed by atoms with E-state index in [0.717, 1.165) is 33.0 Å². The van der Waals surface area contributed by atoms with Crippen LogP contribution in [0.3, 0.4) is 0 Å². The molecule has 1 aliphatic rings. The Morgan fingerprint density at radius 3 is 2.52 bits per heavy atom. The lowest BCUT2D eigenvalue weighted by molar-refractivity contribution is -0.123. The summed E-state index contributed by atoms with van der Waals surface area (Å²) in [6.45, 7) is 3.88. The number of aryl methyl sites for hydroxylation is 1. The zero-order valence-electron chi connectivity index (χ0n) is 23.9. The molecule has 44 heavy (non-hydrogen) atoms. The molecule has 0 aliphatic carbocycles. The van der Waals surface area contributed by atoms with Gasteiger partial charge in [0, 0.05) is 16.1 Å². The van der Waals surface area contributed by atoms with Crippen LogP contribution < -0.4 is 19.5 Å². The summed E-state index contributed by atoms with van der Waals surface area (Å²) >= 11 is 13.5. The van der Waals surface area contributed by atoms with Crippen molar-refractivity contribution >= 4 is 74.6 Å². The minimum atomic E-state index is -0.427. The van der Waals surface area contributed by atoms with E-state index >= 15 is 0 Å². The molecule has 11 heteroatoms. The highest BCUT2D eigenvalue weighted by atomic mass is 35.5. The summed E-state index contributed by atoms with van der Waals surface area (Å²) in [7, 11) is 0. The van der Waals surface area contributed by atoms with Gasteiger partial charge >= 0.3 is 0 Å². The lowest BCUT2D eigenvalue weighted by Crippen LogP contribution is -2.32. The van der Waals surface area contributed by atoms with Crippen LogP contribution in [0, 0.1) is 6.92 Å². The SMILES string of the molecule is CCOc1cc(/C=C2\SC(=O)N(CCOc3cccc4ccccc34)C2=O)cc(Cl)c1OCC(=O)Nc1ccc(C)c(Cl)c1. The number of imide groups is 1. The first-order valence-electron chi connectivity index (χ1n) is 13.7. The van der Waals surface area contributed by atoms with Crippen molar-refractivity contribution in [1.82, 2.24) is 4.90 Å². The van der Waals surface area contributed by atoms with Crippen molar-refractivity contribution in [3.05, 3.63) is 98.9 Å².